The van der Waals surface area contributed by atoms with Crippen molar-refractivity contribution in [2.24, 2.45) is 0 Å². The van der Waals surface area contributed by atoms with E-state index in [1.807, 2.05) is 0 Å². The summed E-state index contributed by atoms with van der Waals surface area (Å²) in [6.07, 6.45) is 0. The number of amides is 1. The molecule has 0 atom stereocenters. The third-order valence-corrected chi connectivity index (χ3v) is 3.02. The van der Waals surface area contributed by atoms with Crippen LogP contribution >= 0.6 is 11.6 Å². The number of carbonyl (C=O) groups is 1. The number of benzene rings is 1. The summed E-state index contributed by atoms with van der Waals surface area (Å²) in [5.74, 6) is -0.854. The van der Waals surface area contributed by atoms with E-state index >= 15 is 0 Å². The Bertz CT molecular complexity index is 695. The number of nitrogens with one attached hydrogen (secondary N) is 2. The Morgan fingerprint density at radius 3 is 2.79 bits per heavy atom. The van der Waals surface area contributed by atoms with Gasteiger partial charge in [0, 0.05) is 22.8 Å². The molecular formula is C13H11ClN2O3. The monoisotopic (exact) mass is 278 g/mol. The first-order valence-corrected chi connectivity index (χ1v) is 5.85. The minimum Gasteiger partial charge on any atom is -0.494 e. The van der Waals surface area contributed by atoms with E-state index in [0.717, 1.165) is 11.6 Å². The fourth-order valence-corrected chi connectivity index (χ4v) is 1.77. The van der Waals surface area contributed by atoms with Gasteiger partial charge in [0.05, 0.1) is 5.56 Å². The molecule has 0 aliphatic carbocycles. The lowest BCUT2D eigenvalue weighted by Gasteiger charge is -2.09. The molecule has 0 saturated carbocycles. The second kappa shape index (κ2) is 5.16. The average Bonchev–Trinajstić information content (AvgIpc) is 2.33. The Labute approximate surface area is 113 Å². The molecule has 3 N–H and O–H groups in total. The molecule has 2 aromatic rings. The standard InChI is InChI=1S/C13H11ClN2O3/c1-7-9(14)3-2-4-10(7)15-13(19)8-5-11(17)16-12(18)6-8/h2-6H,1H3,(H,15,19)(H2,16,17,18). The molecule has 1 aromatic heterocycles. The molecule has 0 unspecified atom stereocenters. The van der Waals surface area contributed by atoms with Crippen molar-refractivity contribution < 1.29 is 9.90 Å². The Morgan fingerprint density at radius 2 is 2.11 bits per heavy atom. The third-order valence-electron chi connectivity index (χ3n) is 2.61. The highest BCUT2D eigenvalue weighted by atomic mass is 35.5. The Kier molecular flexibility index (Phi) is 3.57. The molecule has 19 heavy (non-hydrogen) atoms. The topological polar surface area (TPSA) is 82.2 Å². The van der Waals surface area contributed by atoms with Gasteiger partial charge in [-0.3, -0.25) is 14.6 Å². The quantitative estimate of drug-likeness (QED) is 0.788. The Morgan fingerprint density at radius 1 is 1.37 bits per heavy atom. The first kappa shape index (κ1) is 13.2. The summed E-state index contributed by atoms with van der Waals surface area (Å²) in [5.41, 5.74) is 0.803. The normalized spacial score (nSPS) is 10.2. The molecule has 0 fully saturated rings. The number of pyridine rings is 1. The van der Waals surface area contributed by atoms with Gasteiger partial charge in [0.15, 0.2) is 5.88 Å². The van der Waals surface area contributed by atoms with Crippen LogP contribution in [0.1, 0.15) is 15.9 Å². The second-order valence-corrected chi connectivity index (χ2v) is 4.39. The van der Waals surface area contributed by atoms with Crippen LogP contribution in [0, 0.1) is 6.92 Å². The van der Waals surface area contributed by atoms with Crippen LogP contribution < -0.4 is 10.9 Å². The van der Waals surface area contributed by atoms with E-state index in [2.05, 4.69) is 10.3 Å². The molecule has 0 spiro atoms. The summed E-state index contributed by atoms with van der Waals surface area (Å²) in [6.45, 7) is 1.77. The van der Waals surface area contributed by atoms with E-state index in [4.69, 9.17) is 11.6 Å². The molecule has 0 saturated heterocycles. The van der Waals surface area contributed by atoms with Crippen LogP contribution in [0.4, 0.5) is 5.69 Å². The number of aromatic nitrogens is 1. The summed E-state index contributed by atoms with van der Waals surface area (Å²) in [7, 11) is 0. The fraction of sp³-hybridized carbons (Fsp3) is 0.0769. The summed E-state index contributed by atoms with van der Waals surface area (Å²) in [4.78, 5) is 25.3. The first-order valence-electron chi connectivity index (χ1n) is 5.47. The lowest BCUT2D eigenvalue weighted by molar-refractivity contribution is 0.102. The SMILES string of the molecule is Cc1c(Cl)cccc1NC(=O)c1cc(O)[nH]c(=O)c1. The summed E-state index contributed by atoms with van der Waals surface area (Å²) < 4.78 is 0. The fourth-order valence-electron chi connectivity index (χ4n) is 1.60. The van der Waals surface area contributed by atoms with Crippen LogP contribution in [-0.4, -0.2) is 16.0 Å². The van der Waals surface area contributed by atoms with Crippen LogP contribution in [0.2, 0.25) is 5.02 Å². The van der Waals surface area contributed by atoms with Crippen LogP contribution in [-0.2, 0) is 0 Å². The molecule has 1 aromatic carbocycles. The summed E-state index contributed by atoms with van der Waals surface area (Å²) in [5, 5.41) is 12.4. The lowest BCUT2D eigenvalue weighted by Crippen LogP contribution is -2.16. The maximum Gasteiger partial charge on any atom is 0.256 e. The van der Waals surface area contributed by atoms with Crippen LogP contribution in [0.15, 0.2) is 35.1 Å². The average molecular weight is 279 g/mol. The highest BCUT2D eigenvalue weighted by Gasteiger charge is 2.10. The molecule has 0 bridgehead atoms. The van der Waals surface area contributed by atoms with Gasteiger partial charge in [0.25, 0.3) is 11.5 Å². The summed E-state index contributed by atoms with van der Waals surface area (Å²) in [6, 6.07) is 7.41. The van der Waals surface area contributed by atoms with Gasteiger partial charge in [-0.2, -0.15) is 0 Å². The van der Waals surface area contributed by atoms with Gasteiger partial charge in [-0.1, -0.05) is 17.7 Å². The number of hydrogen-bond donors (Lipinski definition) is 3. The van der Waals surface area contributed by atoms with E-state index in [0.29, 0.717) is 10.7 Å². The van der Waals surface area contributed by atoms with E-state index in [9.17, 15) is 14.7 Å². The van der Waals surface area contributed by atoms with Crippen molar-refractivity contribution in [3.05, 3.63) is 56.8 Å². The van der Waals surface area contributed by atoms with Gasteiger partial charge in [-0.05, 0) is 24.6 Å². The predicted octanol–water partition coefficient (Wildman–Crippen LogP) is 2.29. The number of H-pyrrole nitrogens is 1. The van der Waals surface area contributed by atoms with Crippen LogP contribution in [0.25, 0.3) is 0 Å². The highest BCUT2D eigenvalue weighted by molar-refractivity contribution is 6.31. The predicted molar refractivity (Wildman–Crippen MR) is 72.9 cm³/mol. The highest BCUT2D eigenvalue weighted by Crippen LogP contribution is 2.23. The molecule has 6 heteroatoms. The molecule has 98 valence electrons. The number of aromatic hydroxyl groups is 1. The zero-order chi connectivity index (χ0) is 14.0. The van der Waals surface area contributed by atoms with E-state index < -0.39 is 11.5 Å². The van der Waals surface area contributed by atoms with Crippen LogP contribution in [0.5, 0.6) is 5.88 Å². The number of carbonyl (C=O) groups excluding carboxylic acids is 1. The lowest BCUT2D eigenvalue weighted by atomic mass is 10.2. The minimum atomic E-state index is -0.548. The van der Waals surface area contributed by atoms with Crippen molar-refractivity contribution in [3.63, 3.8) is 0 Å². The number of halogens is 1. The van der Waals surface area contributed by atoms with Crippen molar-refractivity contribution in [2.45, 2.75) is 6.92 Å². The van der Waals surface area contributed by atoms with E-state index in [1.54, 1.807) is 25.1 Å². The molecule has 0 radical (unpaired) electrons. The number of anilines is 1. The van der Waals surface area contributed by atoms with Gasteiger partial charge in [-0.15, -0.1) is 0 Å². The van der Waals surface area contributed by atoms with Crippen molar-refractivity contribution in [1.82, 2.24) is 4.98 Å². The number of aromatic amines is 1. The second-order valence-electron chi connectivity index (χ2n) is 3.99. The zero-order valence-corrected chi connectivity index (χ0v) is 10.8. The molecule has 1 heterocycles. The maximum atomic E-state index is 12.0. The van der Waals surface area contributed by atoms with Crippen molar-refractivity contribution in [1.29, 1.82) is 0 Å². The van der Waals surface area contributed by atoms with Crippen molar-refractivity contribution >= 4 is 23.2 Å². The zero-order valence-electron chi connectivity index (χ0n) is 10.0. The minimum absolute atomic E-state index is 0.0700. The number of rotatable bonds is 2. The molecule has 0 aliphatic heterocycles. The Hall–Kier alpha value is -2.27. The molecule has 1 amide bonds. The largest absolute Gasteiger partial charge is 0.494 e. The van der Waals surface area contributed by atoms with Gasteiger partial charge in [0.2, 0.25) is 0 Å². The summed E-state index contributed by atoms with van der Waals surface area (Å²) >= 11 is 5.95. The maximum absolute atomic E-state index is 12.0. The van der Waals surface area contributed by atoms with Gasteiger partial charge < -0.3 is 10.4 Å². The molecule has 5 nitrogen and oxygen atoms in total. The van der Waals surface area contributed by atoms with Crippen LogP contribution in [0.3, 0.4) is 0 Å². The first-order chi connectivity index (χ1) is 8.97. The van der Waals surface area contributed by atoms with Crippen molar-refractivity contribution in [3.8, 4) is 5.88 Å². The Balaban J connectivity index is 2.31. The van der Waals surface area contributed by atoms with E-state index in [1.165, 1.54) is 6.07 Å². The molecular weight excluding hydrogens is 268 g/mol. The molecule has 2 rings (SSSR count). The molecule has 0 aliphatic rings. The van der Waals surface area contributed by atoms with Gasteiger partial charge in [-0.25, -0.2) is 0 Å². The van der Waals surface area contributed by atoms with Gasteiger partial charge in [0.1, 0.15) is 0 Å². The van der Waals surface area contributed by atoms with Crippen molar-refractivity contribution in [2.75, 3.05) is 5.32 Å². The number of hydrogen-bond acceptors (Lipinski definition) is 3. The smallest absolute Gasteiger partial charge is 0.256 e. The third kappa shape index (κ3) is 2.95. The van der Waals surface area contributed by atoms with Gasteiger partial charge >= 0.3 is 0 Å². The van der Waals surface area contributed by atoms with E-state index in [-0.39, 0.29) is 11.4 Å².